The summed E-state index contributed by atoms with van der Waals surface area (Å²) in [6.45, 7) is 14.4. The molecule has 1 saturated heterocycles. The summed E-state index contributed by atoms with van der Waals surface area (Å²) in [5.74, 6) is 0.319. The van der Waals surface area contributed by atoms with E-state index in [1.165, 1.54) is 0 Å². The molecule has 0 amide bonds. The molecule has 0 saturated carbocycles. The number of hydrogen-bond acceptors (Lipinski definition) is 3. The van der Waals surface area contributed by atoms with Gasteiger partial charge in [-0.3, -0.25) is 4.90 Å². The predicted molar refractivity (Wildman–Crippen MR) is 77.6 cm³/mol. The second-order valence-corrected chi connectivity index (χ2v) is 10.1. The van der Waals surface area contributed by atoms with Crippen LogP contribution in [0.1, 0.15) is 54.4 Å². The average Bonchev–Trinajstić information content (AvgIpc) is 2.11. The molecule has 0 N–H and O–H groups in total. The Morgan fingerprint density at radius 3 is 2.11 bits per heavy atom. The minimum atomic E-state index is -2.88. The number of nitrogens with zero attached hydrogens (tertiary/aromatic N) is 1. The van der Waals surface area contributed by atoms with Crippen LogP contribution in [0.4, 0.5) is 0 Å². The van der Waals surface area contributed by atoms with Crippen LogP contribution in [0.15, 0.2) is 0 Å². The van der Waals surface area contributed by atoms with Crippen molar-refractivity contribution < 1.29 is 8.42 Å². The monoisotopic (exact) mass is 275 g/mol. The van der Waals surface area contributed by atoms with E-state index in [4.69, 9.17) is 0 Å². The highest BCUT2D eigenvalue weighted by Gasteiger charge is 2.37. The van der Waals surface area contributed by atoms with Crippen LogP contribution in [0.3, 0.4) is 0 Å². The van der Waals surface area contributed by atoms with Crippen LogP contribution in [0, 0.1) is 5.41 Å². The molecule has 18 heavy (non-hydrogen) atoms. The number of hydrogen-bond donors (Lipinski definition) is 0. The number of rotatable bonds is 2. The van der Waals surface area contributed by atoms with Gasteiger partial charge in [0.1, 0.15) is 0 Å². The van der Waals surface area contributed by atoms with Crippen LogP contribution < -0.4 is 0 Å². The minimum absolute atomic E-state index is 0.0654. The molecular formula is C14H29NO2S. The molecule has 108 valence electrons. The Bertz CT molecular complexity index is 374. The molecule has 1 aliphatic heterocycles. The summed E-state index contributed by atoms with van der Waals surface area (Å²) in [6.07, 6.45) is 1.76. The average molecular weight is 275 g/mol. The highest BCUT2D eigenvalue weighted by molar-refractivity contribution is 7.92. The quantitative estimate of drug-likeness (QED) is 0.777. The van der Waals surface area contributed by atoms with Gasteiger partial charge in [-0.1, -0.05) is 20.8 Å². The molecule has 1 unspecified atom stereocenters. The first-order valence-corrected chi connectivity index (χ1v) is 8.60. The van der Waals surface area contributed by atoms with Crippen molar-refractivity contribution in [3.05, 3.63) is 0 Å². The Kier molecular flexibility index (Phi) is 4.54. The van der Waals surface area contributed by atoms with Gasteiger partial charge in [-0.25, -0.2) is 8.42 Å². The van der Waals surface area contributed by atoms with Crippen LogP contribution in [0.5, 0.6) is 0 Å². The lowest BCUT2D eigenvalue weighted by Crippen LogP contribution is -2.54. The molecule has 1 aliphatic rings. The van der Waals surface area contributed by atoms with E-state index < -0.39 is 9.84 Å². The zero-order valence-electron chi connectivity index (χ0n) is 12.8. The van der Waals surface area contributed by atoms with E-state index in [0.29, 0.717) is 18.8 Å². The van der Waals surface area contributed by atoms with Gasteiger partial charge < -0.3 is 0 Å². The fourth-order valence-corrected chi connectivity index (χ4v) is 4.02. The summed E-state index contributed by atoms with van der Waals surface area (Å²) in [5, 5.41) is -0.176. The van der Waals surface area contributed by atoms with Crippen molar-refractivity contribution >= 4 is 9.84 Å². The van der Waals surface area contributed by atoms with Gasteiger partial charge in [-0.15, -0.1) is 0 Å². The lowest BCUT2D eigenvalue weighted by Gasteiger charge is -2.41. The highest BCUT2D eigenvalue weighted by atomic mass is 32.2. The van der Waals surface area contributed by atoms with E-state index in [-0.39, 0.29) is 16.2 Å². The summed E-state index contributed by atoms with van der Waals surface area (Å²) in [4.78, 5) is 2.31. The van der Waals surface area contributed by atoms with Gasteiger partial charge in [0.25, 0.3) is 0 Å². The molecule has 0 bridgehead atoms. The standard InChI is InChI=1S/C14H29NO2S/c1-13(2,3)8-7-12-11-15(14(4,5)6)9-10-18(12,16)17/h12H,7-11H2,1-6H3. The Balaban J connectivity index is 2.73. The number of sulfone groups is 1. The molecule has 0 aromatic heterocycles. The first-order valence-electron chi connectivity index (χ1n) is 6.88. The van der Waals surface area contributed by atoms with E-state index in [1.807, 2.05) is 0 Å². The topological polar surface area (TPSA) is 37.4 Å². The summed E-state index contributed by atoms with van der Waals surface area (Å²) < 4.78 is 24.3. The SMILES string of the molecule is CC(C)(C)CCC1CN(C(C)(C)C)CCS1(=O)=O. The summed E-state index contributed by atoms with van der Waals surface area (Å²) in [5.41, 5.74) is 0.273. The first-order chi connectivity index (χ1) is 7.92. The molecule has 1 heterocycles. The smallest absolute Gasteiger partial charge is 0.155 e. The third kappa shape index (κ3) is 4.54. The lowest BCUT2D eigenvalue weighted by molar-refractivity contribution is 0.135. The molecule has 3 nitrogen and oxygen atoms in total. The van der Waals surface area contributed by atoms with E-state index in [9.17, 15) is 8.42 Å². The van der Waals surface area contributed by atoms with Crippen molar-refractivity contribution in [2.24, 2.45) is 5.41 Å². The molecule has 0 aromatic carbocycles. The van der Waals surface area contributed by atoms with Crippen LogP contribution >= 0.6 is 0 Å². The molecule has 1 atom stereocenters. The molecule has 0 radical (unpaired) electrons. The van der Waals surface area contributed by atoms with E-state index in [0.717, 1.165) is 12.8 Å². The van der Waals surface area contributed by atoms with Crippen molar-refractivity contribution in [2.45, 2.75) is 65.2 Å². The van der Waals surface area contributed by atoms with Gasteiger partial charge in [0.15, 0.2) is 9.84 Å². The van der Waals surface area contributed by atoms with Gasteiger partial charge in [-0.2, -0.15) is 0 Å². The van der Waals surface area contributed by atoms with Crippen molar-refractivity contribution in [1.29, 1.82) is 0 Å². The van der Waals surface area contributed by atoms with Gasteiger partial charge in [0.05, 0.1) is 11.0 Å². The lowest BCUT2D eigenvalue weighted by atomic mass is 9.89. The van der Waals surface area contributed by atoms with Crippen LogP contribution in [-0.2, 0) is 9.84 Å². The third-order valence-corrected chi connectivity index (χ3v) is 5.89. The summed E-state index contributed by atoms with van der Waals surface area (Å²) in [6, 6.07) is 0. The van der Waals surface area contributed by atoms with E-state index in [2.05, 4.69) is 46.4 Å². The first kappa shape index (κ1) is 16.0. The molecule has 1 fully saturated rings. The molecule has 0 aromatic rings. The van der Waals surface area contributed by atoms with Gasteiger partial charge in [0, 0.05) is 18.6 Å². The second kappa shape index (κ2) is 5.12. The highest BCUT2D eigenvalue weighted by Crippen LogP contribution is 2.28. The Hall–Kier alpha value is -0.0900. The molecular weight excluding hydrogens is 246 g/mol. The fourth-order valence-electron chi connectivity index (χ4n) is 2.33. The zero-order valence-corrected chi connectivity index (χ0v) is 13.6. The fraction of sp³-hybridized carbons (Fsp3) is 1.00. The predicted octanol–water partition coefficient (Wildman–Crippen LogP) is 2.71. The van der Waals surface area contributed by atoms with E-state index >= 15 is 0 Å². The maximum Gasteiger partial charge on any atom is 0.155 e. The van der Waals surface area contributed by atoms with Gasteiger partial charge >= 0.3 is 0 Å². The third-order valence-electron chi connectivity index (χ3n) is 3.74. The Labute approximate surface area is 113 Å². The van der Waals surface area contributed by atoms with Gasteiger partial charge in [0.2, 0.25) is 0 Å². The second-order valence-electron chi connectivity index (χ2n) is 7.71. The van der Waals surface area contributed by atoms with E-state index in [1.54, 1.807) is 0 Å². The van der Waals surface area contributed by atoms with Crippen molar-refractivity contribution in [1.82, 2.24) is 4.90 Å². The van der Waals surface area contributed by atoms with Crippen LogP contribution in [-0.4, -0.2) is 42.9 Å². The maximum atomic E-state index is 12.1. The summed E-state index contributed by atoms with van der Waals surface area (Å²) in [7, 11) is -2.88. The van der Waals surface area contributed by atoms with Gasteiger partial charge in [-0.05, 0) is 39.0 Å². The van der Waals surface area contributed by atoms with Crippen molar-refractivity contribution in [3.8, 4) is 0 Å². The largest absolute Gasteiger partial charge is 0.296 e. The molecule has 0 spiro atoms. The van der Waals surface area contributed by atoms with Crippen LogP contribution in [0.25, 0.3) is 0 Å². The molecule has 4 heteroatoms. The molecule has 1 rings (SSSR count). The minimum Gasteiger partial charge on any atom is -0.296 e. The van der Waals surface area contributed by atoms with Crippen LogP contribution in [0.2, 0.25) is 0 Å². The van der Waals surface area contributed by atoms with Crippen molar-refractivity contribution in [2.75, 3.05) is 18.8 Å². The maximum absolute atomic E-state index is 12.1. The zero-order chi connectivity index (χ0) is 14.2. The normalized spacial score (nSPS) is 26.2. The summed E-state index contributed by atoms with van der Waals surface area (Å²) >= 11 is 0. The Morgan fingerprint density at radius 1 is 1.11 bits per heavy atom. The van der Waals surface area contributed by atoms with Crippen molar-refractivity contribution in [3.63, 3.8) is 0 Å². The Morgan fingerprint density at radius 2 is 1.67 bits per heavy atom. The molecule has 0 aliphatic carbocycles.